The van der Waals surface area contributed by atoms with Gasteiger partial charge in [0.25, 0.3) is 0 Å². The van der Waals surface area contributed by atoms with Crippen molar-refractivity contribution < 1.29 is 0 Å². The molecule has 0 unspecified atom stereocenters. The van der Waals surface area contributed by atoms with Gasteiger partial charge in [-0.3, -0.25) is 0 Å². The van der Waals surface area contributed by atoms with E-state index in [-0.39, 0.29) is 0 Å². The van der Waals surface area contributed by atoms with Crippen LogP contribution in [0.2, 0.25) is 5.02 Å². The van der Waals surface area contributed by atoms with Crippen molar-refractivity contribution in [2.24, 2.45) is 0 Å². The molecule has 0 atom stereocenters. The van der Waals surface area contributed by atoms with Crippen LogP contribution in [0.1, 0.15) is 0 Å². The summed E-state index contributed by atoms with van der Waals surface area (Å²) in [6.45, 7) is 0. The molecule has 82 valence electrons. The Morgan fingerprint density at radius 2 is 1.56 bits per heavy atom. The van der Waals surface area contributed by atoms with E-state index in [4.69, 9.17) is 11.6 Å². The number of anilines is 1. The molecule has 0 aliphatic carbocycles. The lowest BCUT2D eigenvalue weighted by Gasteiger charge is -2.13. The highest BCUT2D eigenvalue weighted by Gasteiger charge is 2.00. The van der Waals surface area contributed by atoms with Crippen LogP contribution in [-0.2, 0) is 0 Å². The highest BCUT2D eigenvalue weighted by Crippen LogP contribution is 2.24. The summed E-state index contributed by atoms with van der Waals surface area (Å²) < 4.78 is 0. The Morgan fingerprint density at radius 3 is 2.19 bits per heavy atom. The summed E-state index contributed by atoms with van der Waals surface area (Å²) in [5.74, 6) is 0. The van der Waals surface area contributed by atoms with Crippen molar-refractivity contribution in [1.29, 1.82) is 0 Å². The van der Waals surface area contributed by atoms with Crippen LogP contribution < -0.4 is 4.90 Å². The highest BCUT2D eigenvalue weighted by molar-refractivity contribution is 6.30. The second kappa shape index (κ2) is 4.58. The quantitative estimate of drug-likeness (QED) is 0.753. The van der Waals surface area contributed by atoms with Crippen molar-refractivity contribution in [1.82, 2.24) is 0 Å². The summed E-state index contributed by atoms with van der Waals surface area (Å²) in [4.78, 5) is 2.10. The van der Waals surface area contributed by atoms with E-state index in [0.717, 1.165) is 5.02 Å². The first-order valence-electron chi connectivity index (χ1n) is 5.20. The first-order valence-corrected chi connectivity index (χ1v) is 5.58. The highest BCUT2D eigenvalue weighted by atomic mass is 35.5. The average Bonchev–Trinajstić information content (AvgIpc) is 2.30. The summed E-state index contributed by atoms with van der Waals surface area (Å²) in [7, 11) is 4.09. The second-order valence-electron chi connectivity index (χ2n) is 3.95. The Morgan fingerprint density at radius 1 is 0.875 bits per heavy atom. The van der Waals surface area contributed by atoms with Crippen molar-refractivity contribution in [2.75, 3.05) is 19.0 Å². The van der Waals surface area contributed by atoms with Crippen LogP contribution in [0.3, 0.4) is 0 Å². The minimum atomic E-state index is 0.771. The van der Waals surface area contributed by atoms with Gasteiger partial charge >= 0.3 is 0 Å². The van der Waals surface area contributed by atoms with Crippen molar-refractivity contribution in [3.8, 4) is 11.1 Å². The average molecular weight is 232 g/mol. The number of halogens is 1. The molecule has 0 saturated heterocycles. The minimum absolute atomic E-state index is 0.771. The van der Waals surface area contributed by atoms with Gasteiger partial charge in [-0.2, -0.15) is 0 Å². The molecule has 0 heterocycles. The van der Waals surface area contributed by atoms with Gasteiger partial charge in [0, 0.05) is 24.8 Å². The lowest BCUT2D eigenvalue weighted by molar-refractivity contribution is 1.13. The summed E-state index contributed by atoms with van der Waals surface area (Å²) in [6.07, 6.45) is 0. The predicted octanol–water partition coefficient (Wildman–Crippen LogP) is 4.07. The zero-order valence-electron chi connectivity index (χ0n) is 9.44. The third kappa shape index (κ3) is 2.37. The molecule has 2 heteroatoms. The molecular formula is C14H14ClN. The Kier molecular flexibility index (Phi) is 3.16. The number of hydrogen-bond donors (Lipinski definition) is 0. The zero-order valence-corrected chi connectivity index (χ0v) is 10.2. The monoisotopic (exact) mass is 231 g/mol. The van der Waals surface area contributed by atoms with Crippen molar-refractivity contribution >= 4 is 17.3 Å². The van der Waals surface area contributed by atoms with Gasteiger partial charge in [0.15, 0.2) is 0 Å². The second-order valence-corrected chi connectivity index (χ2v) is 4.39. The van der Waals surface area contributed by atoms with Gasteiger partial charge in [-0.25, -0.2) is 0 Å². The van der Waals surface area contributed by atoms with Gasteiger partial charge in [0.2, 0.25) is 0 Å². The summed E-state index contributed by atoms with van der Waals surface area (Å²) in [6, 6.07) is 16.4. The molecule has 0 fully saturated rings. The predicted molar refractivity (Wildman–Crippen MR) is 71.2 cm³/mol. The molecule has 0 aromatic heterocycles. The van der Waals surface area contributed by atoms with E-state index in [2.05, 4.69) is 29.2 Å². The molecule has 1 nitrogen and oxygen atoms in total. The van der Waals surface area contributed by atoms with E-state index in [1.54, 1.807) is 0 Å². The van der Waals surface area contributed by atoms with Gasteiger partial charge in [-0.1, -0.05) is 35.9 Å². The lowest BCUT2D eigenvalue weighted by atomic mass is 10.1. The Hall–Kier alpha value is -1.47. The van der Waals surface area contributed by atoms with E-state index in [9.17, 15) is 0 Å². The van der Waals surface area contributed by atoms with E-state index < -0.39 is 0 Å². The van der Waals surface area contributed by atoms with Crippen LogP contribution in [0.4, 0.5) is 5.69 Å². The van der Waals surface area contributed by atoms with Gasteiger partial charge in [-0.05, 0) is 35.4 Å². The van der Waals surface area contributed by atoms with Crippen LogP contribution in [0, 0.1) is 0 Å². The maximum absolute atomic E-state index is 5.87. The third-order valence-electron chi connectivity index (χ3n) is 2.54. The molecule has 0 radical (unpaired) electrons. The van der Waals surface area contributed by atoms with Crippen LogP contribution in [0.25, 0.3) is 11.1 Å². The molecule has 0 aliphatic heterocycles. The normalized spacial score (nSPS) is 10.2. The SMILES string of the molecule is CN(C)c1cccc(-c2ccc(Cl)cc2)c1. The minimum Gasteiger partial charge on any atom is -0.378 e. The molecule has 2 aromatic rings. The van der Waals surface area contributed by atoms with Crippen LogP contribution in [0.5, 0.6) is 0 Å². The fourth-order valence-electron chi connectivity index (χ4n) is 1.61. The Labute approximate surface area is 101 Å². The fourth-order valence-corrected chi connectivity index (χ4v) is 1.73. The molecule has 0 spiro atoms. The number of hydrogen-bond acceptors (Lipinski definition) is 1. The van der Waals surface area contributed by atoms with Crippen LogP contribution in [0.15, 0.2) is 48.5 Å². The zero-order chi connectivity index (χ0) is 11.5. The van der Waals surface area contributed by atoms with Crippen molar-refractivity contribution in [3.63, 3.8) is 0 Å². The third-order valence-corrected chi connectivity index (χ3v) is 2.79. The summed E-state index contributed by atoms with van der Waals surface area (Å²) in [5.41, 5.74) is 3.60. The van der Waals surface area contributed by atoms with Crippen molar-refractivity contribution in [3.05, 3.63) is 53.6 Å². The molecule has 0 aliphatic rings. The molecule has 16 heavy (non-hydrogen) atoms. The van der Waals surface area contributed by atoms with Gasteiger partial charge < -0.3 is 4.90 Å². The van der Waals surface area contributed by atoms with E-state index >= 15 is 0 Å². The Balaban J connectivity index is 2.40. The standard InChI is InChI=1S/C14H14ClN/c1-16(2)14-5-3-4-12(10-14)11-6-8-13(15)9-7-11/h3-10H,1-2H3. The molecular weight excluding hydrogens is 218 g/mol. The first kappa shape index (κ1) is 11.0. The summed E-state index contributed by atoms with van der Waals surface area (Å²) in [5, 5.41) is 0.771. The topological polar surface area (TPSA) is 3.24 Å². The molecule has 0 N–H and O–H groups in total. The van der Waals surface area contributed by atoms with E-state index in [1.165, 1.54) is 16.8 Å². The largest absolute Gasteiger partial charge is 0.378 e. The van der Waals surface area contributed by atoms with Crippen LogP contribution >= 0.6 is 11.6 Å². The van der Waals surface area contributed by atoms with Gasteiger partial charge in [-0.15, -0.1) is 0 Å². The molecule has 2 rings (SSSR count). The smallest absolute Gasteiger partial charge is 0.0406 e. The number of nitrogens with zero attached hydrogens (tertiary/aromatic N) is 1. The van der Waals surface area contributed by atoms with Crippen molar-refractivity contribution in [2.45, 2.75) is 0 Å². The van der Waals surface area contributed by atoms with Gasteiger partial charge in [0.05, 0.1) is 0 Å². The fraction of sp³-hybridized carbons (Fsp3) is 0.143. The van der Waals surface area contributed by atoms with Crippen LogP contribution in [-0.4, -0.2) is 14.1 Å². The summed E-state index contributed by atoms with van der Waals surface area (Å²) >= 11 is 5.87. The Bertz CT molecular complexity index is 474. The molecule has 0 bridgehead atoms. The first-order chi connectivity index (χ1) is 7.66. The maximum Gasteiger partial charge on any atom is 0.0406 e. The lowest BCUT2D eigenvalue weighted by Crippen LogP contribution is -2.08. The van der Waals surface area contributed by atoms with E-state index in [0.29, 0.717) is 0 Å². The molecule has 2 aromatic carbocycles. The van der Waals surface area contributed by atoms with E-state index in [1.807, 2.05) is 38.4 Å². The molecule has 0 amide bonds. The van der Waals surface area contributed by atoms with Gasteiger partial charge in [0.1, 0.15) is 0 Å². The maximum atomic E-state index is 5.87. The number of rotatable bonds is 2. The number of benzene rings is 2. The molecule has 0 saturated carbocycles.